The number of hydrogen-bond acceptors (Lipinski definition) is 3. The van der Waals surface area contributed by atoms with Crippen molar-refractivity contribution in [1.82, 2.24) is 4.98 Å². The first kappa shape index (κ1) is 10.2. The molecule has 1 aromatic carbocycles. The minimum Gasteiger partial charge on any atom is -0.392 e. The first-order valence-corrected chi connectivity index (χ1v) is 5.49. The van der Waals surface area contributed by atoms with Gasteiger partial charge >= 0.3 is 0 Å². The van der Waals surface area contributed by atoms with E-state index in [-0.39, 0.29) is 6.61 Å². The average molecular weight is 217 g/mol. The average Bonchev–Trinajstić information content (AvgIpc) is 2.31. The van der Waals surface area contributed by atoms with Gasteiger partial charge in [0.25, 0.3) is 0 Å². The fourth-order valence-corrected chi connectivity index (χ4v) is 1.96. The minimum absolute atomic E-state index is 0.0918. The summed E-state index contributed by atoms with van der Waals surface area (Å²) in [6.07, 6.45) is 1.78. The van der Waals surface area contributed by atoms with Crippen molar-refractivity contribution in [2.45, 2.75) is 16.5 Å². The minimum atomic E-state index is 0.0918. The number of aliphatic hydroxyl groups excluding tert-OH is 1. The number of pyridine rings is 1. The van der Waals surface area contributed by atoms with Crippen LogP contribution in [-0.2, 0) is 6.61 Å². The summed E-state index contributed by atoms with van der Waals surface area (Å²) in [7, 11) is 0. The van der Waals surface area contributed by atoms with Gasteiger partial charge in [-0.25, -0.2) is 4.98 Å². The zero-order valence-electron chi connectivity index (χ0n) is 8.13. The van der Waals surface area contributed by atoms with Crippen LogP contribution in [0.5, 0.6) is 0 Å². The summed E-state index contributed by atoms with van der Waals surface area (Å²) in [6.45, 7) is 0.0918. The SMILES string of the molecule is OCc1ccc(Sc2ccccn2)cc1. The predicted molar refractivity (Wildman–Crippen MR) is 60.7 cm³/mol. The quantitative estimate of drug-likeness (QED) is 0.858. The monoisotopic (exact) mass is 217 g/mol. The van der Waals surface area contributed by atoms with E-state index in [9.17, 15) is 0 Å². The molecule has 76 valence electrons. The first-order valence-electron chi connectivity index (χ1n) is 4.67. The molecule has 2 nitrogen and oxygen atoms in total. The molecule has 15 heavy (non-hydrogen) atoms. The van der Waals surface area contributed by atoms with Gasteiger partial charge in [0.15, 0.2) is 0 Å². The Morgan fingerprint density at radius 2 is 1.87 bits per heavy atom. The summed E-state index contributed by atoms with van der Waals surface area (Å²) < 4.78 is 0. The van der Waals surface area contributed by atoms with Crippen molar-refractivity contribution in [3.05, 3.63) is 54.2 Å². The Labute approximate surface area is 93.0 Å². The molecule has 0 aliphatic heterocycles. The summed E-state index contributed by atoms with van der Waals surface area (Å²) >= 11 is 1.61. The molecule has 0 unspecified atom stereocenters. The summed E-state index contributed by atoms with van der Waals surface area (Å²) in [5.74, 6) is 0. The number of benzene rings is 1. The van der Waals surface area contributed by atoms with Gasteiger partial charge in [-0.2, -0.15) is 0 Å². The molecule has 2 aromatic rings. The van der Waals surface area contributed by atoms with Gasteiger partial charge in [0.2, 0.25) is 0 Å². The Bertz CT molecular complexity index is 413. The Morgan fingerprint density at radius 1 is 1.07 bits per heavy atom. The maximum absolute atomic E-state index is 8.90. The number of hydrogen-bond donors (Lipinski definition) is 1. The smallest absolute Gasteiger partial charge is 0.101 e. The molecule has 0 bridgehead atoms. The van der Waals surface area contributed by atoms with Crippen molar-refractivity contribution in [2.75, 3.05) is 0 Å². The highest BCUT2D eigenvalue weighted by atomic mass is 32.2. The van der Waals surface area contributed by atoms with Crippen LogP contribution in [0.2, 0.25) is 0 Å². The molecule has 2 rings (SSSR count). The lowest BCUT2D eigenvalue weighted by atomic mass is 10.2. The van der Waals surface area contributed by atoms with E-state index >= 15 is 0 Å². The van der Waals surface area contributed by atoms with Gasteiger partial charge in [-0.15, -0.1) is 0 Å². The van der Waals surface area contributed by atoms with Crippen molar-refractivity contribution in [1.29, 1.82) is 0 Å². The van der Waals surface area contributed by atoms with Crippen molar-refractivity contribution in [3.63, 3.8) is 0 Å². The van der Waals surface area contributed by atoms with Gasteiger partial charge in [-0.1, -0.05) is 30.0 Å². The predicted octanol–water partition coefficient (Wildman–Crippen LogP) is 2.73. The van der Waals surface area contributed by atoms with E-state index in [0.29, 0.717) is 0 Å². The second-order valence-corrected chi connectivity index (χ2v) is 4.17. The maximum Gasteiger partial charge on any atom is 0.101 e. The number of nitrogens with zero attached hydrogens (tertiary/aromatic N) is 1. The molecule has 0 aliphatic carbocycles. The summed E-state index contributed by atoms with van der Waals surface area (Å²) in [6, 6.07) is 13.7. The van der Waals surface area contributed by atoms with Crippen LogP contribution >= 0.6 is 11.8 Å². The largest absolute Gasteiger partial charge is 0.392 e. The van der Waals surface area contributed by atoms with Gasteiger partial charge in [-0.3, -0.25) is 0 Å². The van der Waals surface area contributed by atoms with E-state index in [0.717, 1.165) is 15.5 Å². The molecule has 0 aliphatic rings. The summed E-state index contributed by atoms with van der Waals surface area (Å²) in [5, 5.41) is 9.88. The highest BCUT2D eigenvalue weighted by molar-refractivity contribution is 7.99. The molecule has 0 spiro atoms. The molecule has 1 N–H and O–H groups in total. The highest BCUT2D eigenvalue weighted by Crippen LogP contribution is 2.25. The van der Waals surface area contributed by atoms with Crippen molar-refractivity contribution in [2.24, 2.45) is 0 Å². The third-order valence-electron chi connectivity index (χ3n) is 1.97. The van der Waals surface area contributed by atoms with Gasteiger partial charge < -0.3 is 5.11 Å². The molecule has 0 saturated carbocycles. The first-order chi connectivity index (χ1) is 7.38. The van der Waals surface area contributed by atoms with E-state index in [1.807, 2.05) is 42.5 Å². The lowest BCUT2D eigenvalue weighted by Gasteiger charge is -2.01. The van der Waals surface area contributed by atoms with Gasteiger partial charge in [0, 0.05) is 11.1 Å². The molecule has 1 aromatic heterocycles. The zero-order valence-corrected chi connectivity index (χ0v) is 8.95. The molecule has 3 heteroatoms. The Kier molecular flexibility index (Phi) is 3.37. The molecule has 1 heterocycles. The van der Waals surface area contributed by atoms with Crippen molar-refractivity contribution >= 4 is 11.8 Å². The third-order valence-corrected chi connectivity index (χ3v) is 2.92. The highest BCUT2D eigenvalue weighted by Gasteiger charge is 1.97. The van der Waals surface area contributed by atoms with E-state index in [1.54, 1.807) is 18.0 Å². The Balaban J connectivity index is 2.11. The molecule has 0 atom stereocenters. The molecule has 0 amide bonds. The molecule has 0 fully saturated rings. The van der Waals surface area contributed by atoms with Crippen LogP contribution in [0.1, 0.15) is 5.56 Å². The Hall–Kier alpha value is -1.32. The van der Waals surface area contributed by atoms with Crippen LogP contribution in [0.3, 0.4) is 0 Å². The number of aromatic nitrogens is 1. The molecular formula is C12H11NOS. The van der Waals surface area contributed by atoms with Gasteiger partial charge in [0.1, 0.15) is 5.03 Å². The van der Waals surface area contributed by atoms with Crippen LogP contribution in [0, 0.1) is 0 Å². The van der Waals surface area contributed by atoms with Crippen molar-refractivity contribution in [3.8, 4) is 0 Å². The Morgan fingerprint density at radius 3 is 2.47 bits per heavy atom. The fraction of sp³-hybridized carbons (Fsp3) is 0.0833. The second kappa shape index (κ2) is 4.96. The molecule has 0 saturated heterocycles. The lowest BCUT2D eigenvalue weighted by Crippen LogP contribution is -1.82. The normalized spacial score (nSPS) is 10.2. The number of rotatable bonds is 3. The lowest BCUT2D eigenvalue weighted by molar-refractivity contribution is 0.282. The maximum atomic E-state index is 8.90. The van der Waals surface area contributed by atoms with E-state index in [1.165, 1.54) is 0 Å². The van der Waals surface area contributed by atoms with Crippen molar-refractivity contribution < 1.29 is 5.11 Å². The van der Waals surface area contributed by atoms with E-state index < -0.39 is 0 Å². The van der Waals surface area contributed by atoms with Gasteiger partial charge in [0.05, 0.1) is 6.61 Å². The standard InChI is InChI=1S/C12H11NOS/c14-9-10-4-6-11(7-5-10)15-12-3-1-2-8-13-12/h1-8,14H,9H2. The zero-order chi connectivity index (χ0) is 10.5. The fourth-order valence-electron chi connectivity index (χ4n) is 1.19. The van der Waals surface area contributed by atoms with Crippen LogP contribution in [-0.4, -0.2) is 10.1 Å². The van der Waals surface area contributed by atoms with E-state index in [4.69, 9.17) is 5.11 Å². The van der Waals surface area contributed by atoms with Crippen LogP contribution in [0.15, 0.2) is 58.6 Å². The molecule has 0 radical (unpaired) electrons. The second-order valence-electron chi connectivity index (χ2n) is 3.07. The number of aliphatic hydroxyl groups is 1. The summed E-state index contributed by atoms with van der Waals surface area (Å²) in [5.41, 5.74) is 0.931. The van der Waals surface area contributed by atoms with Crippen LogP contribution < -0.4 is 0 Å². The molecular weight excluding hydrogens is 206 g/mol. The van der Waals surface area contributed by atoms with Crippen LogP contribution in [0.4, 0.5) is 0 Å². The van der Waals surface area contributed by atoms with Gasteiger partial charge in [-0.05, 0) is 29.8 Å². The third kappa shape index (κ3) is 2.81. The van der Waals surface area contributed by atoms with Crippen LogP contribution in [0.25, 0.3) is 0 Å². The van der Waals surface area contributed by atoms with E-state index in [2.05, 4.69) is 4.98 Å². The topological polar surface area (TPSA) is 33.1 Å². The summed E-state index contributed by atoms with van der Waals surface area (Å²) in [4.78, 5) is 5.36.